The number of hydrogen-bond acceptors (Lipinski definition) is 2. The zero-order valence-electron chi connectivity index (χ0n) is 7.18. The van der Waals surface area contributed by atoms with E-state index in [1.54, 1.807) is 0 Å². The van der Waals surface area contributed by atoms with Crippen molar-refractivity contribution in [3.05, 3.63) is 0 Å². The van der Waals surface area contributed by atoms with Crippen LogP contribution in [0.25, 0.3) is 0 Å². The van der Waals surface area contributed by atoms with Gasteiger partial charge >= 0.3 is 12.1 Å². The molecule has 0 aromatic heterocycles. The SMILES string of the molecule is O=C(O)C(Cl)COCCCC(F)(F)F. The van der Waals surface area contributed by atoms with Gasteiger partial charge in [-0.2, -0.15) is 13.2 Å². The Morgan fingerprint density at radius 3 is 2.50 bits per heavy atom. The third-order valence-corrected chi connectivity index (χ3v) is 1.59. The normalized spacial score (nSPS) is 14.0. The largest absolute Gasteiger partial charge is 0.480 e. The molecule has 0 heterocycles. The number of hydrogen-bond donors (Lipinski definition) is 1. The molecule has 0 saturated heterocycles. The highest BCUT2D eigenvalue weighted by Crippen LogP contribution is 2.21. The molecule has 7 heteroatoms. The van der Waals surface area contributed by atoms with Gasteiger partial charge in [0, 0.05) is 13.0 Å². The van der Waals surface area contributed by atoms with E-state index < -0.39 is 23.9 Å². The number of alkyl halides is 4. The molecule has 3 nitrogen and oxygen atoms in total. The van der Waals surface area contributed by atoms with Gasteiger partial charge < -0.3 is 9.84 Å². The van der Waals surface area contributed by atoms with Crippen molar-refractivity contribution in [2.24, 2.45) is 0 Å². The number of ether oxygens (including phenoxy) is 1. The Morgan fingerprint density at radius 2 is 2.07 bits per heavy atom. The number of carboxylic acids is 1. The highest BCUT2D eigenvalue weighted by molar-refractivity contribution is 6.29. The maximum absolute atomic E-state index is 11.6. The third kappa shape index (κ3) is 8.12. The summed E-state index contributed by atoms with van der Waals surface area (Å²) in [5.41, 5.74) is 0. The Kier molecular flexibility index (Phi) is 5.87. The molecular weight excluding hydrogens is 225 g/mol. The van der Waals surface area contributed by atoms with Gasteiger partial charge in [-0.3, -0.25) is 4.79 Å². The average Bonchev–Trinajstić information content (AvgIpc) is 2.01. The molecule has 0 saturated carbocycles. The minimum Gasteiger partial charge on any atom is -0.480 e. The van der Waals surface area contributed by atoms with Crippen LogP contribution in [0.4, 0.5) is 13.2 Å². The Bertz CT molecular complexity index is 184. The minimum atomic E-state index is -4.20. The van der Waals surface area contributed by atoms with E-state index in [0.717, 1.165) is 0 Å². The van der Waals surface area contributed by atoms with Crippen LogP contribution >= 0.6 is 11.6 Å². The molecular formula is C7H10ClF3O3. The van der Waals surface area contributed by atoms with Gasteiger partial charge in [0.1, 0.15) is 0 Å². The lowest BCUT2D eigenvalue weighted by Gasteiger charge is -2.07. The van der Waals surface area contributed by atoms with Gasteiger partial charge in [-0.15, -0.1) is 11.6 Å². The molecule has 0 aliphatic carbocycles. The second kappa shape index (κ2) is 6.08. The molecule has 1 N–H and O–H groups in total. The summed E-state index contributed by atoms with van der Waals surface area (Å²) in [6.07, 6.45) is -5.32. The fraction of sp³-hybridized carbons (Fsp3) is 0.857. The molecule has 0 fully saturated rings. The quantitative estimate of drug-likeness (QED) is 0.565. The summed E-state index contributed by atoms with van der Waals surface area (Å²) in [6.45, 7) is -0.426. The Labute approximate surface area is 83.8 Å². The predicted molar refractivity (Wildman–Crippen MR) is 43.4 cm³/mol. The van der Waals surface area contributed by atoms with Gasteiger partial charge in [-0.05, 0) is 6.42 Å². The van der Waals surface area contributed by atoms with E-state index >= 15 is 0 Å². The van der Waals surface area contributed by atoms with Crippen LogP contribution in [0.3, 0.4) is 0 Å². The zero-order valence-corrected chi connectivity index (χ0v) is 7.94. The molecule has 0 radical (unpaired) electrons. The maximum Gasteiger partial charge on any atom is 0.389 e. The summed E-state index contributed by atoms with van der Waals surface area (Å²) < 4.78 is 39.4. The molecule has 0 amide bonds. The highest BCUT2D eigenvalue weighted by Gasteiger charge is 2.26. The van der Waals surface area contributed by atoms with Crippen LogP contribution in [0.15, 0.2) is 0 Å². The number of rotatable bonds is 6. The maximum atomic E-state index is 11.6. The molecule has 0 aromatic carbocycles. The van der Waals surface area contributed by atoms with E-state index in [-0.39, 0.29) is 19.6 Å². The fourth-order valence-corrected chi connectivity index (χ4v) is 0.722. The van der Waals surface area contributed by atoms with E-state index in [1.807, 2.05) is 0 Å². The number of aliphatic carboxylic acids is 1. The zero-order chi connectivity index (χ0) is 11.2. The fourth-order valence-electron chi connectivity index (χ4n) is 0.633. The standard InChI is InChI=1S/C7H10ClF3O3/c8-5(6(12)13)4-14-3-1-2-7(9,10)11/h5H,1-4H2,(H,12,13). The Morgan fingerprint density at radius 1 is 1.50 bits per heavy atom. The van der Waals surface area contributed by atoms with Crippen molar-refractivity contribution in [1.82, 2.24) is 0 Å². The first-order chi connectivity index (χ1) is 6.33. The van der Waals surface area contributed by atoms with E-state index in [1.165, 1.54) is 0 Å². The Hall–Kier alpha value is -0.490. The first-order valence-electron chi connectivity index (χ1n) is 3.84. The molecule has 1 unspecified atom stereocenters. The van der Waals surface area contributed by atoms with Gasteiger partial charge in [0.25, 0.3) is 0 Å². The van der Waals surface area contributed by atoms with Gasteiger partial charge in [-0.25, -0.2) is 0 Å². The van der Waals surface area contributed by atoms with Crippen LogP contribution in [0.5, 0.6) is 0 Å². The average molecular weight is 235 g/mol. The van der Waals surface area contributed by atoms with Crippen LogP contribution < -0.4 is 0 Å². The van der Waals surface area contributed by atoms with Crippen molar-refractivity contribution in [3.63, 3.8) is 0 Å². The number of halogens is 4. The lowest BCUT2D eigenvalue weighted by Crippen LogP contribution is -2.20. The molecule has 0 bridgehead atoms. The van der Waals surface area contributed by atoms with E-state index in [0.29, 0.717) is 0 Å². The molecule has 0 aliphatic rings. The van der Waals surface area contributed by atoms with Crippen LogP contribution in [-0.4, -0.2) is 35.8 Å². The number of carboxylic acid groups (broad SMARTS) is 1. The summed E-state index contributed by atoms with van der Waals surface area (Å²) in [5, 5.41) is 7.07. The van der Waals surface area contributed by atoms with Gasteiger partial charge in [0.05, 0.1) is 6.61 Å². The van der Waals surface area contributed by atoms with Crippen molar-refractivity contribution in [3.8, 4) is 0 Å². The van der Waals surface area contributed by atoms with Gasteiger partial charge in [-0.1, -0.05) is 0 Å². The molecule has 0 aliphatic heterocycles. The monoisotopic (exact) mass is 234 g/mol. The summed E-state index contributed by atoms with van der Waals surface area (Å²) in [7, 11) is 0. The smallest absolute Gasteiger partial charge is 0.389 e. The highest BCUT2D eigenvalue weighted by atomic mass is 35.5. The molecule has 1 atom stereocenters. The van der Waals surface area contributed by atoms with Crippen molar-refractivity contribution in [2.45, 2.75) is 24.4 Å². The minimum absolute atomic E-state index is 0.143. The summed E-state index contributed by atoms with van der Waals surface area (Å²) in [6, 6.07) is 0. The van der Waals surface area contributed by atoms with Crippen LogP contribution in [-0.2, 0) is 9.53 Å². The first-order valence-corrected chi connectivity index (χ1v) is 4.28. The van der Waals surface area contributed by atoms with E-state index in [4.69, 9.17) is 16.7 Å². The predicted octanol–water partition coefficient (Wildman–Crippen LogP) is 2.04. The second-order valence-corrected chi connectivity index (χ2v) is 3.13. The lowest BCUT2D eigenvalue weighted by molar-refractivity contribution is -0.141. The molecule has 14 heavy (non-hydrogen) atoms. The molecule has 0 spiro atoms. The molecule has 0 rings (SSSR count). The van der Waals surface area contributed by atoms with Crippen molar-refractivity contribution < 1.29 is 27.8 Å². The third-order valence-electron chi connectivity index (χ3n) is 1.28. The van der Waals surface area contributed by atoms with E-state index in [2.05, 4.69) is 4.74 Å². The van der Waals surface area contributed by atoms with Crippen molar-refractivity contribution in [1.29, 1.82) is 0 Å². The number of carbonyl (C=O) groups is 1. The topological polar surface area (TPSA) is 46.5 Å². The van der Waals surface area contributed by atoms with E-state index in [9.17, 15) is 18.0 Å². The summed E-state index contributed by atoms with van der Waals surface area (Å²) >= 11 is 5.24. The van der Waals surface area contributed by atoms with Crippen LogP contribution in [0, 0.1) is 0 Å². The second-order valence-electron chi connectivity index (χ2n) is 2.60. The van der Waals surface area contributed by atoms with Crippen LogP contribution in [0.2, 0.25) is 0 Å². The van der Waals surface area contributed by atoms with Crippen molar-refractivity contribution >= 4 is 17.6 Å². The Balaban J connectivity index is 3.35. The summed E-state index contributed by atoms with van der Waals surface area (Å²) in [5.74, 6) is -1.25. The van der Waals surface area contributed by atoms with Crippen LogP contribution in [0.1, 0.15) is 12.8 Å². The van der Waals surface area contributed by atoms with Gasteiger partial charge in [0.2, 0.25) is 0 Å². The molecule has 0 aromatic rings. The first kappa shape index (κ1) is 13.5. The van der Waals surface area contributed by atoms with Gasteiger partial charge in [0.15, 0.2) is 5.38 Å². The van der Waals surface area contributed by atoms with Crippen molar-refractivity contribution in [2.75, 3.05) is 13.2 Å². The molecule has 84 valence electrons. The lowest BCUT2D eigenvalue weighted by atomic mass is 10.3. The summed E-state index contributed by atoms with van der Waals surface area (Å²) in [4.78, 5) is 10.1.